The Morgan fingerprint density at radius 2 is 1.79 bits per heavy atom. The first-order valence-corrected chi connectivity index (χ1v) is 9.65. The van der Waals surface area contributed by atoms with Gasteiger partial charge in [-0.15, -0.1) is 0 Å². The van der Waals surface area contributed by atoms with Crippen molar-refractivity contribution in [2.24, 2.45) is 0 Å². The van der Waals surface area contributed by atoms with Gasteiger partial charge < -0.3 is 15.0 Å². The topological polar surface area (TPSA) is 58.6 Å². The zero-order chi connectivity index (χ0) is 20.8. The van der Waals surface area contributed by atoms with Crippen LogP contribution in [0.5, 0.6) is 5.75 Å². The number of nitrogens with one attached hydrogen (secondary N) is 1. The van der Waals surface area contributed by atoms with E-state index in [1.165, 1.54) is 4.90 Å². The number of rotatable bonds is 7. The lowest BCUT2D eigenvalue weighted by molar-refractivity contribution is -0.135. The fourth-order valence-electron chi connectivity index (χ4n) is 2.59. The van der Waals surface area contributed by atoms with Crippen LogP contribution in [0.3, 0.4) is 0 Å². The van der Waals surface area contributed by atoms with E-state index < -0.39 is 5.91 Å². The van der Waals surface area contributed by atoms with Crippen LogP contribution in [0.15, 0.2) is 36.4 Å². The zero-order valence-corrected chi connectivity index (χ0v) is 17.9. The largest absolute Gasteiger partial charge is 0.483 e. The molecule has 2 rings (SSSR count). The van der Waals surface area contributed by atoms with E-state index in [0.29, 0.717) is 21.5 Å². The highest BCUT2D eigenvalue weighted by Gasteiger charge is 2.17. The molecule has 0 saturated carbocycles. The molecule has 0 aliphatic heterocycles. The highest BCUT2D eigenvalue weighted by Crippen LogP contribution is 2.30. The number of anilines is 1. The van der Waals surface area contributed by atoms with Crippen LogP contribution in [0.1, 0.15) is 30.9 Å². The molecule has 0 spiro atoms. The van der Waals surface area contributed by atoms with Crippen LogP contribution >= 0.6 is 23.2 Å². The van der Waals surface area contributed by atoms with E-state index in [4.69, 9.17) is 27.9 Å². The van der Waals surface area contributed by atoms with Crippen LogP contribution in [0, 0.1) is 6.92 Å². The van der Waals surface area contributed by atoms with Gasteiger partial charge in [0.15, 0.2) is 6.61 Å². The lowest BCUT2D eigenvalue weighted by Gasteiger charge is -2.19. The van der Waals surface area contributed by atoms with Gasteiger partial charge in [-0.05, 0) is 42.2 Å². The van der Waals surface area contributed by atoms with Gasteiger partial charge in [-0.25, -0.2) is 0 Å². The van der Waals surface area contributed by atoms with Gasteiger partial charge in [0.1, 0.15) is 5.75 Å². The van der Waals surface area contributed by atoms with Gasteiger partial charge in [-0.2, -0.15) is 0 Å². The molecule has 2 aromatic rings. The summed E-state index contributed by atoms with van der Waals surface area (Å²) >= 11 is 12.1. The highest BCUT2D eigenvalue weighted by molar-refractivity contribution is 6.39. The number of hydrogen-bond acceptors (Lipinski definition) is 3. The Balaban J connectivity index is 1.94. The third-order valence-corrected chi connectivity index (χ3v) is 4.81. The predicted molar refractivity (Wildman–Crippen MR) is 113 cm³/mol. The molecule has 0 fully saturated rings. The van der Waals surface area contributed by atoms with Crippen molar-refractivity contribution in [3.63, 3.8) is 0 Å². The minimum Gasteiger partial charge on any atom is -0.483 e. The summed E-state index contributed by atoms with van der Waals surface area (Å²) in [6.45, 7) is 5.80. The smallest absolute Gasteiger partial charge is 0.260 e. The molecule has 0 aliphatic carbocycles. The molecule has 2 amide bonds. The third kappa shape index (κ3) is 5.88. The van der Waals surface area contributed by atoms with Crippen molar-refractivity contribution < 1.29 is 14.3 Å². The third-order valence-electron chi connectivity index (χ3n) is 4.18. The molecule has 5 nitrogen and oxygen atoms in total. The molecule has 0 unspecified atom stereocenters. The number of para-hydroxylation sites is 1. The number of benzene rings is 2. The van der Waals surface area contributed by atoms with E-state index in [9.17, 15) is 9.59 Å². The minimum absolute atomic E-state index is 0.144. The molecular formula is C21H24Cl2N2O3. The summed E-state index contributed by atoms with van der Waals surface area (Å²) in [7, 11) is 1.54. The fraction of sp³-hybridized carbons (Fsp3) is 0.333. The van der Waals surface area contributed by atoms with Gasteiger partial charge in [0.05, 0.1) is 22.3 Å². The summed E-state index contributed by atoms with van der Waals surface area (Å²) in [5, 5.41) is 3.30. The summed E-state index contributed by atoms with van der Waals surface area (Å²) in [5.41, 5.74) is 2.41. The van der Waals surface area contributed by atoms with Crippen molar-refractivity contribution in [2.75, 3.05) is 25.5 Å². The molecule has 2 aromatic carbocycles. The summed E-state index contributed by atoms with van der Waals surface area (Å²) in [5.74, 6) is 0.250. The molecule has 0 atom stereocenters. The summed E-state index contributed by atoms with van der Waals surface area (Å²) in [6, 6.07) is 10.9. The van der Waals surface area contributed by atoms with E-state index >= 15 is 0 Å². The predicted octanol–water partition coefficient (Wildman–Crippen LogP) is 4.90. The number of nitrogens with zero attached hydrogens (tertiary/aromatic N) is 1. The Morgan fingerprint density at radius 1 is 1.14 bits per heavy atom. The van der Waals surface area contributed by atoms with Crippen LogP contribution in [-0.4, -0.2) is 36.9 Å². The van der Waals surface area contributed by atoms with Crippen molar-refractivity contribution in [1.29, 1.82) is 0 Å². The van der Waals surface area contributed by atoms with Crippen molar-refractivity contribution in [2.45, 2.75) is 26.7 Å². The van der Waals surface area contributed by atoms with Crippen LogP contribution in [-0.2, 0) is 9.59 Å². The molecule has 0 radical (unpaired) electrons. The normalized spacial score (nSPS) is 10.7. The van der Waals surface area contributed by atoms with Crippen molar-refractivity contribution >= 4 is 40.7 Å². The number of halogens is 2. The second-order valence-electron chi connectivity index (χ2n) is 6.88. The number of aryl methyl sites for hydroxylation is 1. The Kier molecular flexibility index (Phi) is 7.72. The Morgan fingerprint density at radius 3 is 2.39 bits per heavy atom. The molecule has 0 bridgehead atoms. The quantitative estimate of drug-likeness (QED) is 0.689. The van der Waals surface area contributed by atoms with Crippen LogP contribution in [0.4, 0.5) is 5.69 Å². The van der Waals surface area contributed by atoms with Crippen LogP contribution < -0.4 is 10.1 Å². The summed E-state index contributed by atoms with van der Waals surface area (Å²) in [4.78, 5) is 25.9. The lowest BCUT2D eigenvalue weighted by Crippen LogP contribution is -2.37. The molecule has 150 valence electrons. The molecule has 7 heteroatoms. The lowest BCUT2D eigenvalue weighted by atomic mass is 10.0. The maximum absolute atomic E-state index is 12.4. The second-order valence-corrected chi connectivity index (χ2v) is 7.69. The maximum Gasteiger partial charge on any atom is 0.260 e. The first kappa shape index (κ1) is 22.1. The van der Waals surface area contributed by atoms with Crippen molar-refractivity contribution in [3.8, 4) is 5.75 Å². The number of likely N-dealkylation sites (N-methyl/N-ethyl adjacent to an activating group) is 1. The average Bonchev–Trinajstić information content (AvgIpc) is 2.62. The monoisotopic (exact) mass is 422 g/mol. The van der Waals surface area contributed by atoms with Crippen molar-refractivity contribution in [1.82, 2.24) is 4.90 Å². The number of ether oxygens (including phenoxy) is 1. The van der Waals surface area contributed by atoms with Gasteiger partial charge in [0, 0.05) is 7.05 Å². The van der Waals surface area contributed by atoms with Gasteiger partial charge in [-0.3, -0.25) is 9.59 Å². The molecule has 0 heterocycles. The van der Waals surface area contributed by atoms with E-state index in [1.54, 1.807) is 25.2 Å². The first-order valence-electron chi connectivity index (χ1n) is 8.90. The van der Waals surface area contributed by atoms with E-state index in [1.807, 2.05) is 25.1 Å². The van der Waals surface area contributed by atoms with Crippen LogP contribution in [0.25, 0.3) is 0 Å². The Labute approximate surface area is 175 Å². The van der Waals surface area contributed by atoms with Gasteiger partial charge in [0.25, 0.3) is 5.91 Å². The number of amides is 2. The summed E-state index contributed by atoms with van der Waals surface area (Å²) < 4.78 is 5.74. The molecule has 0 aliphatic rings. The van der Waals surface area contributed by atoms with E-state index in [2.05, 4.69) is 19.2 Å². The Bertz CT molecular complexity index is 848. The first-order chi connectivity index (χ1) is 13.2. The molecule has 28 heavy (non-hydrogen) atoms. The van der Waals surface area contributed by atoms with Gasteiger partial charge >= 0.3 is 0 Å². The standard InChI is InChI=1S/C21H24Cl2N2O3/c1-13(2)15-9-8-14(3)10-18(15)28-12-20(27)25(4)11-19(26)24-21-16(22)6-5-7-17(21)23/h5-10,13H,11-12H2,1-4H3,(H,24,26). The molecule has 1 N–H and O–H groups in total. The van der Waals surface area contributed by atoms with Crippen LogP contribution in [0.2, 0.25) is 10.0 Å². The highest BCUT2D eigenvalue weighted by atomic mass is 35.5. The zero-order valence-electron chi connectivity index (χ0n) is 16.4. The fourth-order valence-corrected chi connectivity index (χ4v) is 3.08. The van der Waals surface area contributed by atoms with Gasteiger partial charge in [-0.1, -0.05) is 55.2 Å². The molecular weight excluding hydrogens is 399 g/mol. The molecule has 0 aromatic heterocycles. The summed E-state index contributed by atoms with van der Waals surface area (Å²) in [6.07, 6.45) is 0. The number of carbonyl (C=O) groups is 2. The minimum atomic E-state index is -0.399. The van der Waals surface area contributed by atoms with E-state index in [-0.39, 0.29) is 25.0 Å². The van der Waals surface area contributed by atoms with E-state index in [0.717, 1.165) is 11.1 Å². The number of carbonyl (C=O) groups excluding carboxylic acids is 2. The van der Waals surface area contributed by atoms with Crippen molar-refractivity contribution in [3.05, 3.63) is 57.6 Å². The Hall–Kier alpha value is -2.24. The second kappa shape index (κ2) is 9.80. The van der Waals surface area contributed by atoms with Gasteiger partial charge in [0.2, 0.25) is 5.91 Å². The maximum atomic E-state index is 12.4. The average molecular weight is 423 g/mol. The molecule has 0 saturated heterocycles. The number of hydrogen-bond donors (Lipinski definition) is 1. The SMILES string of the molecule is Cc1ccc(C(C)C)c(OCC(=O)N(C)CC(=O)Nc2c(Cl)cccc2Cl)c1.